The first-order valence-electron chi connectivity index (χ1n) is 5.77. The molecule has 0 bridgehead atoms. The number of carbonyl (C=O) groups is 1. The third-order valence-corrected chi connectivity index (χ3v) is 4.29. The van der Waals surface area contributed by atoms with Gasteiger partial charge in [-0.3, -0.25) is 4.79 Å². The minimum Gasteiger partial charge on any atom is -0.382 e. The molecule has 1 amide bonds. The van der Waals surface area contributed by atoms with E-state index < -0.39 is 0 Å². The van der Waals surface area contributed by atoms with E-state index in [1.165, 1.54) is 29.5 Å². The van der Waals surface area contributed by atoms with Gasteiger partial charge >= 0.3 is 0 Å². The van der Waals surface area contributed by atoms with Crippen LogP contribution in [0, 0.1) is 9.39 Å². The van der Waals surface area contributed by atoms with Gasteiger partial charge < -0.3 is 16.4 Å². The zero-order valence-corrected chi connectivity index (χ0v) is 13.5. The summed E-state index contributed by atoms with van der Waals surface area (Å²) in [7, 11) is 0. The number of hydrogen-bond acceptors (Lipinski definition) is 5. The van der Waals surface area contributed by atoms with Gasteiger partial charge in [0.2, 0.25) is 0 Å². The number of rotatable bonds is 4. The summed E-state index contributed by atoms with van der Waals surface area (Å²) in [6.45, 7) is 2.63. The van der Waals surface area contributed by atoms with Crippen molar-refractivity contribution < 1.29 is 9.18 Å². The molecule has 0 spiro atoms. The first kappa shape index (κ1) is 15.0. The molecule has 0 aliphatic rings. The summed E-state index contributed by atoms with van der Waals surface area (Å²) in [5, 5.41) is 6.30. The number of aromatic nitrogens is 1. The Bertz CT molecular complexity index is 646. The monoisotopic (exact) mass is 406 g/mol. The molecule has 1 aromatic carbocycles. The number of thiazole rings is 1. The Morgan fingerprint density at radius 2 is 2.30 bits per heavy atom. The zero-order chi connectivity index (χ0) is 14.7. The van der Waals surface area contributed by atoms with Crippen LogP contribution in [0.15, 0.2) is 18.2 Å². The molecule has 2 rings (SSSR count). The Balaban J connectivity index is 2.19. The Hall–Kier alpha value is -1.42. The summed E-state index contributed by atoms with van der Waals surface area (Å²) >= 11 is 3.14. The summed E-state index contributed by atoms with van der Waals surface area (Å²) in [5.74, 6) is -0.520. The molecule has 0 atom stereocenters. The van der Waals surface area contributed by atoms with Gasteiger partial charge in [0.15, 0.2) is 5.13 Å². The van der Waals surface area contributed by atoms with Gasteiger partial charge in [0.1, 0.15) is 16.5 Å². The standard InChI is InChI=1S/C12H12FIN4OS/c1-2-16-12-18-10(15)9(20-12)11(19)17-8-4-3-6(13)5-7(8)14/h3-5H,2,15H2,1H3,(H,16,18)(H,17,19). The summed E-state index contributed by atoms with van der Waals surface area (Å²) < 4.78 is 13.6. The molecular weight excluding hydrogens is 394 g/mol. The van der Waals surface area contributed by atoms with Gasteiger partial charge in [0.05, 0.1) is 5.69 Å². The first-order valence-corrected chi connectivity index (χ1v) is 7.67. The molecule has 0 unspecified atom stereocenters. The molecule has 4 N–H and O–H groups in total. The van der Waals surface area contributed by atoms with E-state index in [9.17, 15) is 9.18 Å². The molecular formula is C12H12FIN4OS. The second-order valence-corrected chi connectivity index (χ2v) is 6.00. The van der Waals surface area contributed by atoms with Crippen molar-refractivity contribution in [1.82, 2.24) is 4.98 Å². The average molecular weight is 406 g/mol. The average Bonchev–Trinajstić information content (AvgIpc) is 2.74. The van der Waals surface area contributed by atoms with Gasteiger partial charge in [0, 0.05) is 10.1 Å². The SMILES string of the molecule is CCNc1nc(N)c(C(=O)Nc2ccc(F)cc2I)s1. The number of carbonyl (C=O) groups excluding carboxylic acids is 1. The second kappa shape index (κ2) is 6.35. The van der Waals surface area contributed by atoms with Crippen molar-refractivity contribution in [2.24, 2.45) is 0 Å². The second-order valence-electron chi connectivity index (χ2n) is 3.84. The van der Waals surface area contributed by atoms with E-state index in [0.29, 0.717) is 25.8 Å². The summed E-state index contributed by atoms with van der Waals surface area (Å²) in [6.07, 6.45) is 0. The predicted molar refractivity (Wildman–Crippen MR) is 87.8 cm³/mol. The highest BCUT2D eigenvalue weighted by Crippen LogP contribution is 2.27. The van der Waals surface area contributed by atoms with Crippen molar-refractivity contribution in [3.05, 3.63) is 32.5 Å². The third-order valence-electron chi connectivity index (χ3n) is 2.37. The number of nitrogens with zero attached hydrogens (tertiary/aromatic N) is 1. The number of anilines is 3. The quantitative estimate of drug-likeness (QED) is 0.682. The van der Waals surface area contributed by atoms with Crippen molar-refractivity contribution in [1.29, 1.82) is 0 Å². The van der Waals surface area contributed by atoms with E-state index in [0.717, 1.165) is 0 Å². The number of halogens is 2. The summed E-state index contributed by atoms with van der Waals surface area (Å²) in [5.41, 5.74) is 6.26. The van der Waals surface area contributed by atoms with Crippen molar-refractivity contribution in [2.75, 3.05) is 22.9 Å². The van der Waals surface area contributed by atoms with Gasteiger partial charge in [-0.05, 0) is 47.7 Å². The van der Waals surface area contributed by atoms with Gasteiger partial charge in [-0.15, -0.1) is 0 Å². The fourth-order valence-corrected chi connectivity index (χ4v) is 2.95. The maximum Gasteiger partial charge on any atom is 0.269 e. The number of hydrogen-bond donors (Lipinski definition) is 3. The highest BCUT2D eigenvalue weighted by atomic mass is 127. The topological polar surface area (TPSA) is 80.0 Å². The largest absolute Gasteiger partial charge is 0.382 e. The number of amides is 1. The first-order chi connectivity index (χ1) is 9.51. The lowest BCUT2D eigenvalue weighted by atomic mass is 10.3. The molecule has 0 aliphatic heterocycles. The Kier molecular flexibility index (Phi) is 4.76. The molecule has 5 nitrogen and oxygen atoms in total. The molecule has 106 valence electrons. The molecule has 1 aromatic heterocycles. The van der Waals surface area contributed by atoms with E-state index in [4.69, 9.17) is 5.73 Å². The van der Waals surface area contributed by atoms with Crippen molar-refractivity contribution in [2.45, 2.75) is 6.92 Å². The van der Waals surface area contributed by atoms with Gasteiger partial charge in [0.25, 0.3) is 5.91 Å². The van der Waals surface area contributed by atoms with Crippen LogP contribution in [0.2, 0.25) is 0 Å². The van der Waals surface area contributed by atoms with Gasteiger partial charge in [-0.2, -0.15) is 0 Å². The van der Waals surface area contributed by atoms with Crippen LogP contribution in [0.3, 0.4) is 0 Å². The van der Waals surface area contributed by atoms with E-state index in [-0.39, 0.29) is 17.5 Å². The van der Waals surface area contributed by atoms with Crippen LogP contribution >= 0.6 is 33.9 Å². The number of benzene rings is 1. The highest BCUT2D eigenvalue weighted by molar-refractivity contribution is 14.1. The lowest BCUT2D eigenvalue weighted by Crippen LogP contribution is -2.13. The zero-order valence-electron chi connectivity index (χ0n) is 10.5. The lowest BCUT2D eigenvalue weighted by molar-refractivity contribution is 0.103. The molecule has 8 heteroatoms. The normalized spacial score (nSPS) is 10.3. The molecule has 1 heterocycles. The fourth-order valence-electron chi connectivity index (χ4n) is 1.49. The van der Waals surface area contributed by atoms with E-state index >= 15 is 0 Å². The number of nitrogens with two attached hydrogens (primary N) is 1. The Morgan fingerprint density at radius 3 is 2.95 bits per heavy atom. The summed E-state index contributed by atoms with van der Waals surface area (Å²) in [6, 6.07) is 4.14. The number of nitrogen functional groups attached to an aromatic ring is 1. The Morgan fingerprint density at radius 1 is 1.55 bits per heavy atom. The van der Waals surface area contributed by atoms with Gasteiger partial charge in [-0.25, -0.2) is 9.37 Å². The minimum absolute atomic E-state index is 0.181. The summed E-state index contributed by atoms with van der Waals surface area (Å²) in [4.78, 5) is 16.5. The van der Waals surface area contributed by atoms with Crippen molar-refractivity contribution in [3.63, 3.8) is 0 Å². The Labute approximate surface area is 132 Å². The molecule has 0 saturated heterocycles. The maximum absolute atomic E-state index is 13.0. The molecule has 20 heavy (non-hydrogen) atoms. The maximum atomic E-state index is 13.0. The molecule has 0 saturated carbocycles. The highest BCUT2D eigenvalue weighted by Gasteiger charge is 2.17. The van der Waals surface area contributed by atoms with Gasteiger partial charge in [-0.1, -0.05) is 11.3 Å². The van der Waals surface area contributed by atoms with E-state index in [1.807, 2.05) is 29.5 Å². The molecule has 0 fully saturated rings. The fraction of sp³-hybridized carbons (Fsp3) is 0.167. The molecule has 2 aromatic rings. The van der Waals surface area contributed by atoms with Crippen LogP contribution in [-0.2, 0) is 0 Å². The smallest absolute Gasteiger partial charge is 0.269 e. The minimum atomic E-state index is -0.353. The lowest BCUT2D eigenvalue weighted by Gasteiger charge is -2.06. The number of nitrogens with one attached hydrogen (secondary N) is 2. The molecule has 0 radical (unpaired) electrons. The third kappa shape index (κ3) is 3.37. The van der Waals surface area contributed by atoms with Crippen LogP contribution in [0.5, 0.6) is 0 Å². The van der Waals surface area contributed by atoms with E-state index in [1.54, 1.807) is 0 Å². The van der Waals surface area contributed by atoms with Crippen LogP contribution in [0.4, 0.5) is 21.0 Å². The van der Waals surface area contributed by atoms with Crippen LogP contribution in [-0.4, -0.2) is 17.4 Å². The van der Waals surface area contributed by atoms with Crippen LogP contribution in [0.1, 0.15) is 16.6 Å². The van der Waals surface area contributed by atoms with Crippen LogP contribution < -0.4 is 16.4 Å². The van der Waals surface area contributed by atoms with Crippen molar-refractivity contribution in [3.8, 4) is 0 Å². The van der Waals surface area contributed by atoms with Crippen molar-refractivity contribution >= 4 is 56.5 Å². The van der Waals surface area contributed by atoms with E-state index in [2.05, 4.69) is 15.6 Å². The van der Waals surface area contributed by atoms with Crippen LogP contribution in [0.25, 0.3) is 0 Å². The molecule has 0 aliphatic carbocycles. The predicted octanol–water partition coefficient (Wildman–Crippen LogP) is 3.15.